The molecule has 0 unspecified atom stereocenters. The third-order valence-corrected chi connectivity index (χ3v) is 3.97. The van der Waals surface area contributed by atoms with E-state index in [4.69, 9.17) is 11.6 Å². The maximum Gasteiger partial charge on any atom is 0.358 e. The lowest BCUT2D eigenvalue weighted by Crippen LogP contribution is -2.18. The molecule has 1 aromatic heterocycles. The summed E-state index contributed by atoms with van der Waals surface area (Å²) in [5.74, 6) is -0.738. The number of carboxylic acids is 1. The molecule has 1 aromatic carbocycles. The van der Waals surface area contributed by atoms with Crippen LogP contribution in [0.2, 0.25) is 5.02 Å². The Labute approximate surface area is 121 Å². The van der Waals surface area contributed by atoms with E-state index in [2.05, 4.69) is 10.3 Å². The highest BCUT2D eigenvalue weighted by molar-refractivity contribution is 6.30. The van der Waals surface area contributed by atoms with Crippen LogP contribution in [0.3, 0.4) is 0 Å². The molecule has 3 rings (SSSR count). The number of hydrogen-bond acceptors (Lipinski definition) is 3. The maximum absolute atomic E-state index is 11.2. The molecule has 1 saturated carbocycles. The third-order valence-electron chi connectivity index (χ3n) is 3.71. The van der Waals surface area contributed by atoms with Gasteiger partial charge >= 0.3 is 5.97 Å². The smallest absolute Gasteiger partial charge is 0.358 e. The van der Waals surface area contributed by atoms with Crippen molar-refractivity contribution in [3.8, 4) is 0 Å². The largest absolute Gasteiger partial charge is 0.476 e. The average molecular weight is 292 g/mol. The summed E-state index contributed by atoms with van der Waals surface area (Å²) >= 11 is 5.86. The zero-order valence-electron chi connectivity index (χ0n) is 10.8. The van der Waals surface area contributed by atoms with Gasteiger partial charge in [-0.25, -0.2) is 9.48 Å². The monoisotopic (exact) mass is 291 g/mol. The van der Waals surface area contributed by atoms with E-state index in [1.165, 1.54) is 0 Å². The van der Waals surface area contributed by atoms with Crippen molar-refractivity contribution in [1.29, 1.82) is 0 Å². The Morgan fingerprint density at radius 2 is 2.05 bits per heavy atom. The summed E-state index contributed by atoms with van der Waals surface area (Å²) < 4.78 is 1.70. The van der Waals surface area contributed by atoms with Crippen molar-refractivity contribution in [3.63, 3.8) is 0 Å². The summed E-state index contributed by atoms with van der Waals surface area (Å²) in [6.07, 6.45) is 3.15. The van der Waals surface area contributed by atoms with Gasteiger partial charge in [0.2, 0.25) is 0 Å². The highest BCUT2D eigenvalue weighted by atomic mass is 35.5. The first kappa shape index (κ1) is 13.1. The van der Waals surface area contributed by atoms with Crippen LogP contribution in [-0.4, -0.2) is 26.1 Å². The fraction of sp³-hybridized carbons (Fsp3) is 0.357. The molecule has 104 valence electrons. The van der Waals surface area contributed by atoms with Gasteiger partial charge in [-0.1, -0.05) is 35.4 Å². The van der Waals surface area contributed by atoms with Crippen molar-refractivity contribution in [2.75, 3.05) is 0 Å². The number of rotatable bonds is 4. The first-order valence-corrected chi connectivity index (χ1v) is 6.94. The molecule has 0 saturated heterocycles. The Balaban J connectivity index is 1.92. The van der Waals surface area contributed by atoms with Crippen molar-refractivity contribution < 1.29 is 9.90 Å². The van der Waals surface area contributed by atoms with Crippen LogP contribution < -0.4 is 0 Å². The van der Waals surface area contributed by atoms with E-state index in [1.807, 2.05) is 24.3 Å². The summed E-state index contributed by atoms with van der Waals surface area (Å²) in [6, 6.07) is 7.45. The summed E-state index contributed by atoms with van der Waals surface area (Å²) in [5, 5.41) is 17.7. The van der Waals surface area contributed by atoms with Crippen LogP contribution in [0.15, 0.2) is 24.3 Å². The quantitative estimate of drug-likeness (QED) is 0.940. The van der Waals surface area contributed by atoms with Gasteiger partial charge in [0.25, 0.3) is 0 Å². The number of halogens is 1. The van der Waals surface area contributed by atoms with E-state index in [9.17, 15) is 9.90 Å². The SMILES string of the molecule is O=C(O)c1nnn(Cc2ccc(Cl)cc2)c1C1CCC1. The van der Waals surface area contributed by atoms with E-state index in [-0.39, 0.29) is 11.6 Å². The molecular formula is C14H14ClN3O2. The van der Waals surface area contributed by atoms with Gasteiger partial charge in [0.05, 0.1) is 12.2 Å². The molecule has 1 aliphatic carbocycles. The highest BCUT2D eigenvalue weighted by Gasteiger charge is 2.30. The number of nitrogens with zero attached hydrogens (tertiary/aromatic N) is 3. The molecule has 0 amide bonds. The Morgan fingerprint density at radius 3 is 2.60 bits per heavy atom. The lowest BCUT2D eigenvalue weighted by molar-refractivity contribution is 0.0687. The number of carboxylic acid groups (broad SMARTS) is 1. The highest BCUT2D eigenvalue weighted by Crippen LogP contribution is 2.37. The molecule has 6 heteroatoms. The van der Waals surface area contributed by atoms with Crippen LogP contribution in [0, 0.1) is 0 Å². The molecule has 1 heterocycles. The molecule has 1 fully saturated rings. The van der Waals surface area contributed by atoms with E-state index in [1.54, 1.807) is 4.68 Å². The van der Waals surface area contributed by atoms with Crippen LogP contribution in [0.4, 0.5) is 0 Å². The second kappa shape index (κ2) is 5.25. The number of aromatic nitrogens is 3. The van der Waals surface area contributed by atoms with Crippen LogP contribution in [0.1, 0.15) is 46.9 Å². The van der Waals surface area contributed by atoms with Crippen molar-refractivity contribution in [2.24, 2.45) is 0 Å². The Hall–Kier alpha value is -1.88. The Morgan fingerprint density at radius 1 is 1.35 bits per heavy atom. The number of aromatic carboxylic acids is 1. The van der Waals surface area contributed by atoms with Crippen molar-refractivity contribution in [1.82, 2.24) is 15.0 Å². The molecule has 5 nitrogen and oxygen atoms in total. The fourth-order valence-corrected chi connectivity index (χ4v) is 2.56. The molecule has 2 aromatic rings. The topological polar surface area (TPSA) is 68.0 Å². The first-order valence-electron chi connectivity index (χ1n) is 6.56. The predicted octanol–water partition coefficient (Wildman–Crippen LogP) is 2.95. The second-order valence-electron chi connectivity index (χ2n) is 5.04. The van der Waals surface area contributed by atoms with Crippen LogP contribution >= 0.6 is 11.6 Å². The zero-order chi connectivity index (χ0) is 14.1. The Kier molecular flexibility index (Phi) is 3.44. The number of carbonyl (C=O) groups is 1. The van der Waals surface area contributed by atoms with Gasteiger partial charge in [-0.05, 0) is 30.5 Å². The minimum absolute atomic E-state index is 0.0867. The minimum Gasteiger partial charge on any atom is -0.476 e. The van der Waals surface area contributed by atoms with Gasteiger partial charge in [0, 0.05) is 10.9 Å². The Bertz CT molecular complexity index is 632. The fourth-order valence-electron chi connectivity index (χ4n) is 2.44. The summed E-state index contributed by atoms with van der Waals surface area (Å²) in [6.45, 7) is 0.517. The van der Waals surface area contributed by atoms with Gasteiger partial charge in [-0.15, -0.1) is 5.10 Å². The van der Waals surface area contributed by atoms with Crippen molar-refractivity contribution in [3.05, 3.63) is 46.2 Å². The number of hydrogen-bond donors (Lipinski definition) is 1. The lowest BCUT2D eigenvalue weighted by atomic mass is 9.82. The minimum atomic E-state index is -1.01. The van der Waals surface area contributed by atoms with Gasteiger partial charge in [-0.3, -0.25) is 0 Å². The van der Waals surface area contributed by atoms with E-state index < -0.39 is 5.97 Å². The molecule has 0 atom stereocenters. The van der Waals surface area contributed by atoms with Crippen LogP contribution in [0.25, 0.3) is 0 Å². The second-order valence-corrected chi connectivity index (χ2v) is 5.48. The third kappa shape index (κ3) is 2.41. The molecule has 0 radical (unpaired) electrons. The number of benzene rings is 1. The van der Waals surface area contributed by atoms with Crippen molar-refractivity contribution in [2.45, 2.75) is 31.7 Å². The normalized spacial score (nSPS) is 15.1. The molecule has 0 spiro atoms. The summed E-state index contributed by atoms with van der Waals surface area (Å²) in [7, 11) is 0. The average Bonchev–Trinajstić information content (AvgIpc) is 2.74. The van der Waals surface area contributed by atoms with Gasteiger partial charge in [-0.2, -0.15) is 0 Å². The standard InChI is InChI=1S/C14H14ClN3O2/c15-11-6-4-9(5-7-11)8-18-13(10-2-1-3-10)12(14(19)20)16-17-18/h4-7,10H,1-3,8H2,(H,19,20). The molecule has 1 aliphatic rings. The van der Waals surface area contributed by atoms with Gasteiger partial charge < -0.3 is 5.11 Å². The molecular weight excluding hydrogens is 278 g/mol. The van der Waals surface area contributed by atoms with E-state index in [0.29, 0.717) is 11.6 Å². The van der Waals surface area contributed by atoms with Crippen LogP contribution in [-0.2, 0) is 6.54 Å². The lowest BCUT2D eigenvalue weighted by Gasteiger charge is -2.26. The van der Waals surface area contributed by atoms with E-state index >= 15 is 0 Å². The maximum atomic E-state index is 11.2. The summed E-state index contributed by atoms with van der Waals surface area (Å²) in [5.41, 5.74) is 1.86. The van der Waals surface area contributed by atoms with E-state index in [0.717, 1.165) is 30.5 Å². The molecule has 0 aliphatic heterocycles. The molecule has 0 bridgehead atoms. The predicted molar refractivity (Wildman–Crippen MR) is 74.1 cm³/mol. The van der Waals surface area contributed by atoms with Crippen molar-refractivity contribution >= 4 is 17.6 Å². The first-order chi connectivity index (χ1) is 9.65. The summed E-state index contributed by atoms with van der Waals surface area (Å²) in [4.78, 5) is 11.2. The van der Waals surface area contributed by atoms with Gasteiger partial charge in [0.15, 0.2) is 5.69 Å². The molecule has 20 heavy (non-hydrogen) atoms. The van der Waals surface area contributed by atoms with Crippen LogP contribution in [0.5, 0.6) is 0 Å². The van der Waals surface area contributed by atoms with Gasteiger partial charge in [0.1, 0.15) is 0 Å². The zero-order valence-corrected chi connectivity index (χ0v) is 11.5. The molecule has 1 N–H and O–H groups in total.